The molecule has 19 heavy (non-hydrogen) atoms. The molecular formula is C14H15NO2S2. The first-order chi connectivity index (χ1) is 9.08. The van der Waals surface area contributed by atoms with E-state index in [0.29, 0.717) is 5.75 Å². The number of hydrogen-bond acceptors (Lipinski definition) is 4. The molecule has 3 nitrogen and oxygen atoms in total. The Morgan fingerprint density at radius 3 is 2.79 bits per heavy atom. The number of rotatable bonds is 5. The fourth-order valence-corrected chi connectivity index (χ4v) is 3.83. The van der Waals surface area contributed by atoms with Gasteiger partial charge in [0.2, 0.25) is 0 Å². The number of thioether (sulfide) groups is 1. The number of carboxylic acid groups (broad SMARTS) is 1. The minimum atomic E-state index is -0.772. The van der Waals surface area contributed by atoms with E-state index in [1.165, 1.54) is 17.3 Å². The van der Waals surface area contributed by atoms with Gasteiger partial charge in [0.05, 0.1) is 11.4 Å². The van der Waals surface area contributed by atoms with Crippen LogP contribution >= 0.6 is 23.1 Å². The SMILES string of the molecule is Cc1ccccc1-c1nc(C)c(CSCC(=O)O)s1. The molecule has 100 valence electrons. The predicted molar refractivity (Wildman–Crippen MR) is 80.8 cm³/mol. The molecule has 1 N–H and O–H groups in total. The van der Waals surface area contributed by atoms with E-state index in [9.17, 15) is 4.79 Å². The lowest BCUT2D eigenvalue weighted by Crippen LogP contribution is -1.97. The molecule has 0 radical (unpaired) electrons. The Balaban J connectivity index is 2.17. The first-order valence-electron chi connectivity index (χ1n) is 5.90. The van der Waals surface area contributed by atoms with Gasteiger partial charge in [0.15, 0.2) is 0 Å². The molecule has 1 aromatic carbocycles. The average Bonchev–Trinajstić information content (AvgIpc) is 2.71. The number of thiazole rings is 1. The van der Waals surface area contributed by atoms with E-state index in [0.717, 1.165) is 21.1 Å². The lowest BCUT2D eigenvalue weighted by atomic mass is 10.1. The largest absolute Gasteiger partial charge is 0.481 e. The summed E-state index contributed by atoms with van der Waals surface area (Å²) >= 11 is 3.07. The van der Waals surface area contributed by atoms with Crippen LogP contribution in [0.4, 0.5) is 0 Å². The first kappa shape index (κ1) is 14.1. The van der Waals surface area contributed by atoms with Crippen LogP contribution in [-0.2, 0) is 10.5 Å². The number of hydrogen-bond donors (Lipinski definition) is 1. The number of benzene rings is 1. The van der Waals surface area contributed by atoms with Crippen LogP contribution in [0.2, 0.25) is 0 Å². The van der Waals surface area contributed by atoms with Crippen molar-refractivity contribution < 1.29 is 9.90 Å². The number of carbonyl (C=O) groups is 1. The van der Waals surface area contributed by atoms with Crippen LogP contribution < -0.4 is 0 Å². The van der Waals surface area contributed by atoms with Crippen molar-refractivity contribution in [3.63, 3.8) is 0 Å². The fourth-order valence-electron chi connectivity index (χ4n) is 1.72. The minimum Gasteiger partial charge on any atom is -0.481 e. The fraction of sp³-hybridized carbons (Fsp3) is 0.286. The quantitative estimate of drug-likeness (QED) is 0.912. The molecule has 0 atom stereocenters. The van der Waals surface area contributed by atoms with Gasteiger partial charge in [-0.1, -0.05) is 24.3 Å². The molecule has 0 saturated carbocycles. The van der Waals surface area contributed by atoms with Crippen LogP contribution in [-0.4, -0.2) is 21.8 Å². The van der Waals surface area contributed by atoms with Crippen molar-refractivity contribution in [2.24, 2.45) is 0 Å². The van der Waals surface area contributed by atoms with E-state index in [1.54, 1.807) is 11.3 Å². The van der Waals surface area contributed by atoms with Crippen LogP contribution in [0, 0.1) is 13.8 Å². The van der Waals surface area contributed by atoms with Gasteiger partial charge in [-0.05, 0) is 19.4 Å². The second kappa shape index (κ2) is 6.21. The summed E-state index contributed by atoms with van der Waals surface area (Å²) in [6, 6.07) is 8.17. The summed E-state index contributed by atoms with van der Waals surface area (Å²) < 4.78 is 0. The third kappa shape index (κ3) is 3.58. The van der Waals surface area contributed by atoms with Crippen molar-refractivity contribution in [2.75, 3.05) is 5.75 Å². The van der Waals surface area contributed by atoms with Crippen molar-refractivity contribution in [3.8, 4) is 10.6 Å². The third-order valence-corrected chi connectivity index (χ3v) is 5.04. The average molecular weight is 293 g/mol. The molecule has 0 aliphatic heterocycles. The van der Waals surface area contributed by atoms with Crippen LogP contribution in [0.25, 0.3) is 10.6 Å². The summed E-state index contributed by atoms with van der Waals surface area (Å²) in [6.07, 6.45) is 0. The van der Waals surface area contributed by atoms with Gasteiger partial charge in [-0.3, -0.25) is 4.79 Å². The number of aliphatic carboxylic acids is 1. The molecule has 0 aliphatic rings. The van der Waals surface area contributed by atoms with Gasteiger partial charge in [0.25, 0.3) is 0 Å². The van der Waals surface area contributed by atoms with Crippen molar-refractivity contribution in [1.82, 2.24) is 4.98 Å². The van der Waals surface area contributed by atoms with Crippen molar-refractivity contribution in [2.45, 2.75) is 19.6 Å². The number of nitrogens with zero attached hydrogens (tertiary/aromatic N) is 1. The van der Waals surface area contributed by atoms with E-state index < -0.39 is 5.97 Å². The molecular weight excluding hydrogens is 278 g/mol. The molecule has 0 amide bonds. The molecule has 0 bridgehead atoms. The lowest BCUT2D eigenvalue weighted by Gasteiger charge is -2.00. The van der Waals surface area contributed by atoms with Crippen LogP contribution in [0.5, 0.6) is 0 Å². The number of carboxylic acids is 1. The Kier molecular flexibility index (Phi) is 4.61. The number of aromatic nitrogens is 1. The zero-order chi connectivity index (χ0) is 13.8. The summed E-state index contributed by atoms with van der Waals surface area (Å²) in [5.74, 6) is 0.0740. The molecule has 0 fully saturated rings. The van der Waals surface area contributed by atoms with Crippen molar-refractivity contribution >= 4 is 29.1 Å². The molecule has 5 heteroatoms. The summed E-state index contributed by atoms with van der Waals surface area (Å²) in [4.78, 5) is 16.3. The molecule has 1 heterocycles. The second-order valence-electron chi connectivity index (χ2n) is 4.23. The molecule has 1 aromatic heterocycles. The molecule has 0 unspecified atom stereocenters. The zero-order valence-electron chi connectivity index (χ0n) is 10.8. The van der Waals surface area contributed by atoms with Gasteiger partial charge < -0.3 is 5.11 Å². The maximum Gasteiger partial charge on any atom is 0.313 e. The van der Waals surface area contributed by atoms with Gasteiger partial charge in [-0.15, -0.1) is 23.1 Å². The Hall–Kier alpha value is -1.33. The maximum atomic E-state index is 10.5. The zero-order valence-corrected chi connectivity index (χ0v) is 12.5. The second-order valence-corrected chi connectivity index (χ2v) is 6.30. The van der Waals surface area contributed by atoms with Crippen molar-refractivity contribution in [3.05, 3.63) is 40.4 Å². The molecule has 2 rings (SSSR count). The van der Waals surface area contributed by atoms with Gasteiger partial charge >= 0.3 is 5.97 Å². The molecule has 0 saturated heterocycles. The summed E-state index contributed by atoms with van der Waals surface area (Å²) in [6.45, 7) is 4.06. The van der Waals surface area contributed by atoms with Crippen LogP contribution in [0.3, 0.4) is 0 Å². The monoisotopic (exact) mass is 293 g/mol. The topological polar surface area (TPSA) is 50.2 Å². The highest BCUT2D eigenvalue weighted by atomic mass is 32.2. The molecule has 2 aromatic rings. The summed E-state index contributed by atoms with van der Waals surface area (Å²) in [7, 11) is 0. The van der Waals surface area contributed by atoms with Gasteiger partial charge in [-0.25, -0.2) is 4.98 Å². The van der Waals surface area contributed by atoms with Crippen LogP contribution in [0.1, 0.15) is 16.1 Å². The summed E-state index contributed by atoms with van der Waals surface area (Å²) in [5.41, 5.74) is 3.37. The minimum absolute atomic E-state index is 0.136. The maximum absolute atomic E-state index is 10.5. The van der Waals surface area contributed by atoms with Crippen molar-refractivity contribution in [1.29, 1.82) is 0 Å². The normalized spacial score (nSPS) is 10.6. The summed E-state index contributed by atoms with van der Waals surface area (Å²) in [5, 5.41) is 9.66. The van der Waals surface area contributed by atoms with E-state index in [4.69, 9.17) is 5.11 Å². The smallest absolute Gasteiger partial charge is 0.313 e. The predicted octanol–water partition coefficient (Wildman–Crippen LogP) is 3.74. The highest BCUT2D eigenvalue weighted by molar-refractivity contribution is 7.99. The van der Waals surface area contributed by atoms with Gasteiger partial charge in [0.1, 0.15) is 5.01 Å². The van der Waals surface area contributed by atoms with E-state index in [2.05, 4.69) is 24.0 Å². The van der Waals surface area contributed by atoms with E-state index >= 15 is 0 Å². The Morgan fingerprint density at radius 1 is 1.37 bits per heavy atom. The lowest BCUT2D eigenvalue weighted by molar-refractivity contribution is -0.133. The van der Waals surface area contributed by atoms with Crippen LogP contribution in [0.15, 0.2) is 24.3 Å². The van der Waals surface area contributed by atoms with E-state index in [1.807, 2.05) is 19.1 Å². The van der Waals surface area contributed by atoms with Gasteiger partial charge in [-0.2, -0.15) is 0 Å². The Labute approximate surface area is 120 Å². The Morgan fingerprint density at radius 2 is 2.11 bits per heavy atom. The molecule has 0 aliphatic carbocycles. The number of aryl methyl sites for hydroxylation is 2. The standard InChI is InChI=1S/C14H15NO2S2/c1-9-5-3-4-6-11(9)14-15-10(2)12(19-14)7-18-8-13(16)17/h3-6H,7-8H2,1-2H3,(H,16,17). The van der Waals surface area contributed by atoms with E-state index in [-0.39, 0.29) is 5.75 Å². The molecule has 0 spiro atoms. The Bertz CT molecular complexity index is 593. The van der Waals surface area contributed by atoms with Gasteiger partial charge in [0, 0.05) is 16.2 Å². The highest BCUT2D eigenvalue weighted by Crippen LogP contribution is 2.31. The first-order valence-corrected chi connectivity index (χ1v) is 7.87. The highest BCUT2D eigenvalue weighted by Gasteiger charge is 2.11. The third-order valence-electron chi connectivity index (χ3n) is 2.73.